The zero-order valence-electron chi connectivity index (χ0n) is 25.9. The lowest BCUT2D eigenvalue weighted by Crippen LogP contribution is -2.63. The maximum atomic E-state index is 14.4. The Morgan fingerprint density at radius 2 is 1.72 bits per heavy atom. The van der Waals surface area contributed by atoms with Crippen molar-refractivity contribution < 1.29 is 42.1 Å². The van der Waals surface area contributed by atoms with Crippen LogP contribution < -0.4 is 19.5 Å². The second kappa shape index (κ2) is 14.0. The Hall–Kier alpha value is -4.71. The van der Waals surface area contributed by atoms with E-state index in [9.17, 15) is 27.9 Å². The van der Waals surface area contributed by atoms with Crippen molar-refractivity contribution in [3.8, 4) is 17.2 Å². The van der Waals surface area contributed by atoms with E-state index in [2.05, 4.69) is 5.32 Å². The van der Waals surface area contributed by atoms with E-state index in [-0.39, 0.29) is 31.3 Å². The van der Waals surface area contributed by atoms with Gasteiger partial charge in [-0.2, -0.15) is 4.39 Å². The van der Waals surface area contributed by atoms with Gasteiger partial charge in [-0.15, -0.1) is 0 Å². The van der Waals surface area contributed by atoms with E-state index in [0.29, 0.717) is 55.5 Å². The van der Waals surface area contributed by atoms with Gasteiger partial charge in [0.15, 0.2) is 24.1 Å². The van der Waals surface area contributed by atoms with E-state index in [0.717, 1.165) is 35.6 Å². The van der Waals surface area contributed by atoms with Gasteiger partial charge < -0.3 is 29.5 Å². The predicted molar refractivity (Wildman–Crippen MR) is 167 cm³/mol. The lowest BCUT2D eigenvalue weighted by atomic mass is 9.81. The monoisotopic (exact) mass is 651 g/mol. The summed E-state index contributed by atoms with van der Waals surface area (Å²) in [7, 11) is 1.57. The third-order valence-electron chi connectivity index (χ3n) is 8.82. The number of carbonyl (C=O) groups excluding carboxylic acids is 1. The summed E-state index contributed by atoms with van der Waals surface area (Å²) in [5, 5.41) is 13.5. The van der Waals surface area contributed by atoms with Crippen molar-refractivity contribution in [2.24, 2.45) is 0 Å². The number of ether oxygens (including phenoxy) is 3. The highest BCUT2D eigenvalue weighted by Crippen LogP contribution is 2.39. The molecule has 1 saturated carbocycles. The molecule has 0 radical (unpaired) electrons. The number of hydrogen-bond acceptors (Lipinski definition) is 6. The molecule has 0 unspecified atom stereocenters. The first kappa shape index (κ1) is 32.2. The highest BCUT2D eigenvalue weighted by molar-refractivity contribution is 6.04. The molecule has 2 atom stereocenters. The zero-order valence-corrected chi connectivity index (χ0v) is 25.9. The molecule has 0 aromatic heterocycles. The van der Waals surface area contributed by atoms with Gasteiger partial charge in [0.05, 0.1) is 25.8 Å². The van der Waals surface area contributed by atoms with Gasteiger partial charge in [0.25, 0.3) is 5.91 Å². The molecule has 3 aromatic rings. The van der Waals surface area contributed by atoms with E-state index < -0.39 is 35.3 Å². The summed E-state index contributed by atoms with van der Waals surface area (Å²) in [6.45, 7) is 0.782. The third kappa shape index (κ3) is 7.02. The SMILES string of the molecule is COc1cccc(OCN(C(=O)C2=C(c3ccc(CCCOc4c(F)ccc(F)c4F)cc3)C[C@@H]3CNC[C@H]2N3C(=O)O)C2CC2)c1. The highest BCUT2D eigenvalue weighted by Gasteiger charge is 2.46. The van der Waals surface area contributed by atoms with Crippen LogP contribution in [0.25, 0.3) is 5.57 Å². The summed E-state index contributed by atoms with van der Waals surface area (Å²) in [5.74, 6) is -3.29. The number of rotatable bonds is 12. The van der Waals surface area contributed by atoms with Crippen LogP contribution in [0.4, 0.5) is 18.0 Å². The maximum Gasteiger partial charge on any atom is 0.408 e. The van der Waals surface area contributed by atoms with Crippen LogP contribution in [0.5, 0.6) is 17.2 Å². The number of nitrogens with one attached hydrogen (secondary N) is 1. The van der Waals surface area contributed by atoms with E-state index >= 15 is 0 Å². The fourth-order valence-electron chi connectivity index (χ4n) is 6.30. The topological polar surface area (TPSA) is 101 Å². The van der Waals surface area contributed by atoms with Gasteiger partial charge >= 0.3 is 6.09 Å². The van der Waals surface area contributed by atoms with Crippen molar-refractivity contribution >= 4 is 17.6 Å². The maximum absolute atomic E-state index is 14.4. The van der Waals surface area contributed by atoms with Crippen LogP contribution in [0.15, 0.2) is 66.2 Å². The molecule has 2 heterocycles. The average Bonchev–Trinajstić information content (AvgIpc) is 3.91. The standard InChI is InChI=1S/C35H36F3N3O6/c1-45-25-5-2-6-26(17-25)47-20-40(23-11-12-23)34(42)31-27(16-24-18-39-19-30(31)41(24)35(43)44)22-9-7-21(8-10-22)4-3-15-46-33-29(37)14-13-28(36)32(33)38/h2,5-10,13-14,17,23-24,30,39H,3-4,11-12,15-16,18-20H2,1H3,(H,43,44)/t24-,30-/m1/s1. The minimum Gasteiger partial charge on any atom is -0.497 e. The largest absolute Gasteiger partial charge is 0.497 e. The quantitative estimate of drug-likeness (QED) is 0.149. The number of benzene rings is 3. The first-order chi connectivity index (χ1) is 22.7. The molecule has 2 bridgehead atoms. The molecule has 9 nitrogen and oxygen atoms in total. The summed E-state index contributed by atoms with van der Waals surface area (Å²) >= 11 is 0. The number of carbonyl (C=O) groups is 2. The van der Waals surface area contributed by atoms with Gasteiger partial charge in [0.1, 0.15) is 11.5 Å². The first-order valence-corrected chi connectivity index (χ1v) is 15.6. The number of hydrogen-bond donors (Lipinski definition) is 2. The molecular formula is C35H36F3N3O6. The van der Waals surface area contributed by atoms with Gasteiger partial charge in [-0.25, -0.2) is 13.6 Å². The number of piperazine rings is 1. The molecule has 3 aliphatic rings. The number of amides is 2. The molecular weight excluding hydrogens is 615 g/mol. The average molecular weight is 652 g/mol. The lowest BCUT2D eigenvalue weighted by molar-refractivity contribution is -0.131. The Balaban J connectivity index is 1.22. The molecule has 12 heteroatoms. The minimum absolute atomic E-state index is 0.00617. The Bertz CT molecular complexity index is 1660. The van der Waals surface area contributed by atoms with E-state index in [4.69, 9.17) is 14.2 Å². The minimum atomic E-state index is -1.35. The molecule has 0 spiro atoms. The van der Waals surface area contributed by atoms with Crippen LogP contribution in [0.2, 0.25) is 0 Å². The molecule has 3 aromatic carbocycles. The zero-order chi connectivity index (χ0) is 33.1. The molecule has 1 saturated heterocycles. The number of nitrogens with zero attached hydrogens (tertiary/aromatic N) is 2. The number of aryl methyl sites for hydroxylation is 1. The van der Waals surface area contributed by atoms with Gasteiger partial charge in [-0.3, -0.25) is 9.69 Å². The van der Waals surface area contributed by atoms with Crippen LogP contribution >= 0.6 is 0 Å². The lowest BCUT2D eigenvalue weighted by Gasteiger charge is -2.47. The summed E-state index contributed by atoms with van der Waals surface area (Å²) in [5.41, 5.74) is 3.01. The molecule has 47 heavy (non-hydrogen) atoms. The van der Waals surface area contributed by atoms with Crippen LogP contribution in [0, 0.1) is 17.5 Å². The molecule has 248 valence electrons. The summed E-state index contributed by atoms with van der Waals surface area (Å²) < 4.78 is 57.8. The predicted octanol–water partition coefficient (Wildman–Crippen LogP) is 5.63. The molecule has 6 rings (SSSR count). The molecule has 1 aliphatic carbocycles. The Morgan fingerprint density at radius 1 is 0.979 bits per heavy atom. The number of carboxylic acid groups (broad SMARTS) is 1. The fraction of sp³-hybridized carbons (Fsp3) is 0.371. The number of fused-ring (bicyclic) bond motifs is 2. The molecule has 2 N–H and O–H groups in total. The third-order valence-corrected chi connectivity index (χ3v) is 8.82. The van der Waals surface area contributed by atoms with Crippen molar-refractivity contribution in [1.82, 2.24) is 15.1 Å². The van der Waals surface area contributed by atoms with Crippen molar-refractivity contribution in [1.29, 1.82) is 0 Å². The first-order valence-electron chi connectivity index (χ1n) is 15.6. The van der Waals surface area contributed by atoms with E-state index in [1.54, 1.807) is 36.3 Å². The van der Waals surface area contributed by atoms with Crippen molar-refractivity contribution in [2.75, 3.05) is 33.5 Å². The van der Waals surface area contributed by atoms with Gasteiger partial charge in [-0.1, -0.05) is 30.3 Å². The van der Waals surface area contributed by atoms with Crippen molar-refractivity contribution in [2.45, 2.75) is 50.2 Å². The van der Waals surface area contributed by atoms with Gasteiger partial charge in [0.2, 0.25) is 5.82 Å². The highest BCUT2D eigenvalue weighted by atomic mass is 19.2. The molecule has 2 aliphatic heterocycles. The Labute approximate surface area is 270 Å². The smallest absolute Gasteiger partial charge is 0.408 e. The van der Waals surface area contributed by atoms with Crippen LogP contribution in [0.1, 0.15) is 36.8 Å². The van der Waals surface area contributed by atoms with Crippen LogP contribution in [0.3, 0.4) is 0 Å². The molecule has 2 amide bonds. The van der Waals surface area contributed by atoms with Crippen molar-refractivity contribution in [3.63, 3.8) is 0 Å². The Morgan fingerprint density at radius 3 is 2.45 bits per heavy atom. The summed E-state index contributed by atoms with van der Waals surface area (Å²) in [4.78, 5) is 30.0. The normalized spacial score (nSPS) is 18.9. The second-order valence-corrected chi connectivity index (χ2v) is 11.9. The van der Waals surface area contributed by atoms with Crippen molar-refractivity contribution in [3.05, 3.63) is 94.8 Å². The number of halogens is 3. The van der Waals surface area contributed by atoms with Crippen LogP contribution in [-0.2, 0) is 11.2 Å². The van der Waals surface area contributed by atoms with Crippen LogP contribution in [-0.4, -0.2) is 78.6 Å². The second-order valence-electron chi connectivity index (χ2n) is 11.9. The van der Waals surface area contributed by atoms with Gasteiger partial charge in [-0.05, 0) is 73.1 Å². The summed E-state index contributed by atoms with van der Waals surface area (Å²) in [6.07, 6.45) is 1.93. The van der Waals surface area contributed by atoms with E-state index in [1.807, 2.05) is 24.3 Å². The number of methoxy groups -OCH3 is 1. The fourth-order valence-corrected chi connectivity index (χ4v) is 6.30. The van der Waals surface area contributed by atoms with E-state index in [1.165, 1.54) is 4.90 Å². The summed E-state index contributed by atoms with van der Waals surface area (Å²) in [6, 6.07) is 15.3. The Kier molecular flexibility index (Phi) is 9.58. The molecule has 2 fully saturated rings. The van der Waals surface area contributed by atoms with Gasteiger partial charge in [0, 0.05) is 30.8 Å².